The first-order valence-electron chi connectivity index (χ1n) is 14.4. The summed E-state index contributed by atoms with van der Waals surface area (Å²) in [7, 11) is -0.819. The zero-order valence-corrected chi connectivity index (χ0v) is 25.0. The van der Waals surface area contributed by atoms with Gasteiger partial charge < -0.3 is 18.6 Å². The quantitative estimate of drug-likeness (QED) is 0.166. The first kappa shape index (κ1) is 30.2. The molecule has 4 nitrogen and oxygen atoms in total. The molecule has 0 aliphatic carbocycles. The fourth-order valence-corrected chi connectivity index (χ4v) is 5.65. The van der Waals surface area contributed by atoms with Gasteiger partial charge in [0.25, 0.3) is 0 Å². The molecule has 2 heterocycles. The van der Waals surface area contributed by atoms with Gasteiger partial charge in [-0.05, 0) is 83.5 Å². The maximum atomic E-state index is 6.87. The van der Waals surface area contributed by atoms with Crippen molar-refractivity contribution in [2.45, 2.75) is 135 Å². The van der Waals surface area contributed by atoms with Crippen LogP contribution >= 0.6 is 0 Å². The lowest BCUT2D eigenvalue weighted by Gasteiger charge is -2.43. The number of benzene rings is 1. The highest BCUT2D eigenvalue weighted by atomic mass is 16.7. The van der Waals surface area contributed by atoms with E-state index < -0.39 is 18.3 Å². The molecule has 2 unspecified atom stereocenters. The fraction of sp³-hybridized carbons (Fsp3) is 0.677. The Kier molecular flexibility index (Phi) is 9.32. The van der Waals surface area contributed by atoms with Gasteiger partial charge in [0.2, 0.25) is 0 Å². The minimum absolute atomic E-state index is 0.00593. The Labute approximate surface area is 227 Å². The second kappa shape index (κ2) is 11.4. The van der Waals surface area contributed by atoms with E-state index in [9.17, 15) is 0 Å². The van der Waals surface area contributed by atoms with E-state index in [1.807, 2.05) is 6.08 Å². The van der Waals surface area contributed by atoms with Gasteiger partial charge in [0, 0.05) is 5.82 Å². The van der Waals surface area contributed by atoms with Crippen LogP contribution in [-0.2, 0) is 25.0 Å². The van der Waals surface area contributed by atoms with Gasteiger partial charge in [0.05, 0.1) is 22.4 Å². The number of aryl methyl sites for hydroxylation is 1. The van der Waals surface area contributed by atoms with Crippen molar-refractivity contribution in [1.29, 1.82) is 0 Å². The van der Waals surface area contributed by atoms with Gasteiger partial charge in [-0.3, -0.25) is 0 Å². The number of unbranched alkanes of at least 4 members (excludes halogenated alkanes) is 4. The van der Waals surface area contributed by atoms with Crippen LogP contribution in [0.1, 0.15) is 112 Å². The van der Waals surface area contributed by atoms with Crippen LogP contribution in [-0.4, -0.2) is 36.6 Å². The van der Waals surface area contributed by atoms with E-state index in [0.29, 0.717) is 0 Å². The molecule has 1 aromatic carbocycles. The lowest BCUT2D eigenvalue weighted by molar-refractivity contribution is -0.0234. The number of hydrogen-bond acceptors (Lipinski definition) is 4. The molecule has 0 radical (unpaired) electrons. The Morgan fingerprint density at radius 2 is 1.49 bits per heavy atom. The van der Waals surface area contributed by atoms with E-state index in [1.54, 1.807) is 0 Å². The Hall–Kier alpha value is -1.33. The zero-order valence-electron chi connectivity index (χ0n) is 25.0. The number of hydrogen-bond donors (Lipinski definition) is 0. The van der Waals surface area contributed by atoms with Crippen molar-refractivity contribution >= 4 is 25.3 Å². The van der Waals surface area contributed by atoms with E-state index in [0.717, 1.165) is 35.9 Å². The van der Waals surface area contributed by atoms with E-state index in [-0.39, 0.29) is 24.1 Å². The van der Waals surface area contributed by atoms with Crippen molar-refractivity contribution < 1.29 is 18.6 Å². The van der Waals surface area contributed by atoms with Gasteiger partial charge >= 0.3 is 14.2 Å². The van der Waals surface area contributed by atoms with E-state index in [2.05, 4.69) is 93.7 Å². The standard InChI is InChI=1S/C31H50B2O4/c1-12-15-16-17-18-19-24-22-25(20-21-26(24)23(4)13-2)32-36-30(9,10)31(11,37-32)27(14-3)33-34-28(5,6)29(7,8)35-33/h13,20-22,27H,2,4,12,14-19H2,1,3,5-11H3. The van der Waals surface area contributed by atoms with E-state index in [4.69, 9.17) is 18.6 Å². The van der Waals surface area contributed by atoms with E-state index in [1.165, 1.54) is 31.2 Å². The molecule has 2 aliphatic rings. The first-order valence-corrected chi connectivity index (χ1v) is 14.4. The van der Waals surface area contributed by atoms with Crippen LogP contribution in [0.15, 0.2) is 37.4 Å². The minimum atomic E-state index is -0.600. The summed E-state index contributed by atoms with van der Waals surface area (Å²) >= 11 is 0. The molecule has 204 valence electrons. The Bertz CT molecular complexity index is 954. The second-order valence-electron chi connectivity index (χ2n) is 12.6. The number of allylic oxidation sites excluding steroid dienone is 2. The van der Waals surface area contributed by atoms with Gasteiger partial charge in [-0.25, -0.2) is 0 Å². The lowest BCUT2D eigenvalue weighted by atomic mass is 9.57. The van der Waals surface area contributed by atoms with Gasteiger partial charge in [0.1, 0.15) is 0 Å². The summed E-state index contributed by atoms with van der Waals surface area (Å²) in [5, 5.41) is 0. The van der Waals surface area contributed by atoms with Crippen LogP contribution in [0.25, 0.3) is 5.57 Å². The molecule has 0 saturated carbocycles. The van der Waals surface area contributed by atoms with Crippen LogP contribution in [0.3, 0.4) is 0 Å². The summed E-state index contributed by atoms with van der Waals surface area (Å²) in [5.41, 5.74) is 2.54. The van der Waals surface area contributed by atoms with Crippen LogP contribution in [0.2, 0.25) is 5.82 Å². The highest BCUT2D eigenvalue weighted by Gasteiger charge is 2.64. The molecule has 2 atom stereocenters. The van der Waals surface area contributed by atoms with Crippen LogP contribution in [0, 0.1) is 0 Å². The summed E-state index contributed by atoms with van der Waals surface area (Å²) in [6.45, 7) is 27.4. The van der Waals surface area contributed by atoms with Gasteiger partial charge in [-0.1, -0.05) is 83.4 Å². The lowest BCUT2D eigenvalue weighted by Crippen LogP contribution is -2.53. The normalized spacial score (nSPS) is 24.9. The average Bonchev–Trinajstić information content (AvgIpc) is 3.19. The molecule has 2 saturated heterocycles. The van der Waals surface area contributed by atoms with Crippen LogP contribution in [0.5, 0.6) is 0 Å². The maximum absolute atomic E-state index is 6.87. The fourth-order valence-electron chi connectivity index (χ4n) is 5.65. The van der Waals surface area contributed by atoms with Crippen molar-refractivity contribution in [2.75, 3.05) is 0 Å². The minimum Gasteiger partial charge on any atom is -0.403 e. The molecule has 2 fully saturated rings. The largest absolute Gasteiger partial charge is 0.494 e. The molecule has 3 rings (SSSR count). The predicted molar refractivity (Wildman–Crippen MR) is 158 cm³/mol. The third-order valence-electron chi connectivity index (χ3n) is 9.24. The highest BCUT2D eigenvalue weighted by Crippen LogP contribution is 2.51. The molecule has 0 spiro atoms. The Morgan fingerprint density at radius 1 is 0.865 bits per heavy atom. The highest BCUT2D eigenvalue weighted by molar-refractivity contribution is 6.62. The molecule has 0 bridgehead atoms. The van der Waals surface area contributed by atoms with Gasteiger partial charge in [0.15, 0.2) is 0 Å². The van der Waals surface area contributed by atoms with Crippen molar-refractivity contribution in [2.24, 2.45) is 0 Å². The Morgan fingerprint density at radius 3 is 2.05 bits per heavy atom. The molecular weight excluding hydrogens is 458 g/mol. The summed E-state index contributed by atoms with van der Waals surface area (Å²) < 4.78 is 26.5. The smallest absolute Gasteiger partial charge is 0.403 e. The topological polar surface area (TPSA) is 36.9 Å². The predicted octanol–water partition coefficient (Wildman–Crippen LogP) is 7.55. The Balaban J connectivity index is 1.87. The summed E-state index contributed by atoms with van der Waals surface area (Å²) in [4.78, 5) is 0. The second-order valence-corrected chi connectivity index (χ2v) is 12.6. The van der Waals surface area contributed by atoms with Gasteiger partial charge in [-0.2, -0.15) is 0 Å². The zero-order chi connectivity index (χ0) is 27.6. The number of rotatable bonds is 12. The summed E-state index contributed by atoms with van der Waals surface area (Å²) in [6.07, 6.45) is 9.95. The molecule has 37 heavy (non-hydrogen) atoms. The summed E-state index contributed by atoms with van der Waals surface area (Å²) in [6, 6.07) is 6.53. The van der Waals surface area contributed by atoms with Crippen molar-refractivity contribution in [3.63, 3.8) is 0 Å². The molecule has 0 aromatic heterocycles. The maximum Gasteiger partial charge on any atom is 0.494 e. The van der Waals surface area contributed by atoms with E-state index >= 15 is 0 Å². The third-order valence-corrected chi connectivity index (χ3v) is 9.24. The van der Waals surface area contributed by atoms with Crippen LogP contribution in [0.4, 0.5) is 0 Å². The average molecular weight is 508 g/mol. The molecule has 6 heteroatoms. The molecule has 0 amide bonds. The third kappa shape index (κ3) is 5.98. The monoisotopic (exact) mass is 508 g/mol. The van der Waals surface area contributed by atoms with Crippen molar-refractivity contribution in [3.05, 3.63) is 48.6 Å². The first-order chi connectivity index (χ1) is 17.2. The van der Waals surface area contributed by atoms with Crippen LogP contribution < -0.4 is 5.46 Å². The summed E-state index contributed by atoms with van der Waals surface area (Å²) in [5.74, 6) is 0.00593. The molecular formula is C31H50B2O4. The van der Waals surface area contributed by atoms with Gasteiger partial charge in [-0.15, -0.1) is 0 Å². The van der Waals surface area contributed by atoms with Crippen molar-refractivity contribution in [1.82, 2.24) is 0 Å². The molecule has 2 aliphatic heterocycles. The molecule has 0 N–H and O–H groups in total. The molecule has 1 aromatic rings. The SMILES string of the molecule is C=CC(=C)c1ccc(B2OC(C)(C)C(C)(C(CC)B3OC(C)(C)C(C)(C)O3)O2)cc1CCCCCCC. The van der Waals surface area contributed by atoms with Crippen molar-refractivity contribution in [3.8, 4) is 0 Å².